The average Bonchev–Trinajstić information content (AvgIpc) is 2.22. The minimum absolute atomic E-state index is 0.380. The van der Waals surface area contributed by atoms with Gasteiger partial charge in [0.15, 0.2) is 0 Å². The van der Waals surface area contributed by atoms with Gasteiger partial charge in [0.2, 0.25) is 5.54 Å². The van der Waals surface area contributed by atoms with E-state index in [-0.39, 0.29) is 0 Å². The van der Waals surface area contributed by atoms with E-state index in [1.54, 1.807) is 5.32 Å². The number of amides is 2. The highest BCUT2D eigenvalue weighted by Gasteiger charge is 2.59. The Bertz CT molecular complexity index is 379. The molecule has 0 saturated carbocycles. The van der Waals surface area contributed by atoms with Crippen LogP contribution in [0.4, 0.5) is 18.0 Å². The van der Waals surface area contributed by atoms with Crippen LogP contribution in [0.2, 0.25) is 0 Å². The van der Waals surface area contributed by atoms with Crippen molar-refractivity contribution in [1.29, 1.82) is 0 Å². The topological polar surface area (TPSA) is 67.9 Å². The van der Waals surface area contributed by atoms with Crippen LogP contribution in [0, 0.1) is 0 Å². The molecule has 0 heterocycles. The predicted octanol–water partition coefficient (Wildman–Crippen LogP) is 1.85. The number of hydroxylamine groups is 2. The SMILES string of the molecule is CON(C)C(=O)C(C)(NC(=O)OC(C)(C)C)C(F)(F)F. The third kappa shape index (κ3) is 4.55. The van der Waals surface area contributed by atoms with Gasteiger partial charge in [0.25, 0.3) is 5.91 Å². The third-order valence-corrected chi connectivity index (χ3v) is 2.31. The molecule has 0 fully saturated rings. The number of likely N-dealkylation sites (N-methyl/N-ethyl adjacent to an activating group) is 1. The molecule has 0 aliphatic rings. The molecule has 0 rings (SSSR count). The molecule has 0 aliphatic heterocycles. The van der Waals surface area contributed by atoms with E-state index >= 15 is 0 Å². The summed E-state index contributed by atoms with van der Waals surface area (Å²) in [5.74, 6) is -1.47. The number of hydrogen-bond donors (Lipinski definition) is 1. The highest BCUT2D eigenvalue weighted by molar-refractivity contribution is 5.89. The Hall–Kier alpha value is -1.51. The first kappa shape index (κ1) is 18.5. The Morgan fingerprint density at radius 3 is 1.85 bits per heavy atom. The Labute approximate surface area is 115 Å². The van der Waals surface area contributed by atoms with Gasteiger partial charge in [-0.1, -0.05) is 0 Å². The van der Waals surface area contributed by atoms with E-state index in [4.69, 9.17) is 4.74 Å². The van der Waals surface area contributed by atoms with Crippen molar-refractivity contribution >= 4 is 12.0 Å². The predicted molar refractivity (Wildman–Crippen MR) is 63.6 cm³/mol. The Morgan fingerprint density at radius 2 is 1.55 bits per heavy atom. The van der Waals surface area contributed by atoms with Crippen molar-refractivity contribution in [1.82, 2.24) is 10.4 Å². The van der Waals surface area contributed by atoms with Crippen molar-refractivity contribution in [3.05, 3.63) is 0 Å². The summed E-state index contributed by atoms with van der Waals surface area (Å²) in [7, 11) is 2.03. The molecule has 2 amide bonds. The number of nitrogens with zero attached hydrogens (tertiary/aromatic N) is 1. The zero-order chi connectivity index (χ0) is 16.4. The number of hydrogen-bond acceptors (Lipinski definition) is 4. The number of ether oxygens (including phenoxy) is 1. The van der Waals surface area contributed by atoms with E-state index in [0.29, 0.717) is 12.0 Å². The molecule has 0 saturated heterocycles. The van der Waals surface area contributed by atoms with Crippen molar-refractivity contribution in [3.63, 3.8) is 0 Å². The first-order valence-corrected chi connectivity index (χ1v) is 5.65. The number of carbonyl (C=O) groups excluding carboxylic acids is 2. The Balaban J connectivity index is 5.29. The molecule has 6 nitrogen and oxygen atoms in total. The average molecular weight is 300 g/mol. The molecule has 20 heavy (non-hydrogen) atoms. The summed E-state index contributed by atoms with van der Waals surface area (Å²) in [5, 5.41) is 1.93. The second-order valence-electron chi connectivity index (χ2n) is 5.23. The van der Waals surface area contributed by atoms with E-state index in [9.17, 15) is 22.8 Å². The molecule has 0 aromatic rings. The summed E-state index contributed by atoms with van der Waals surface area (Å²) in [6.07, 6.45) is -6.37. The van der Waals surface area contributed by atoms with Crippen molar-refractivity contribution in [3.8, 4) is 0 Å². The van der Waals surface area contributed by atoms with Crippen LogP contribution in [-0.4, -0.2) is 48.5 Å². The lowest BCUT2D eigenvalue weighted by molar-refractivity contribution is -0.219. The van der Waals surface area contributed by atoms with Gasteiger partial charge in [0, 0.05) is 7.05 Å². The molecule has 9 heteroatoms. The lowest BCUT2D eigenvalue weighted by Crippen LogP contribution is -2.65. The molecular formula is C11H19F3N2O4. The maximum absolute atomic E-state index is 13.1. The molecule has 0 aromatic heterocycles. The van der Waals surface area contributed by atoms with Crippen LogP contribution in [0.15, 0.2) is 0 Å². The number of carbonyl (C=O) groups is 2. The minimum Gasteiger partial charge on any atom is -0.444 e. The first-order chi connectivity index (χ1) is 8.74. The van der Waals surface area contributed by atoms with E-state index in [1.165, 1.54) is 20.8 Å². The quantitative estimate of drug-likeness (QED) is 0.808. The van der Waals surface area contributed by atoms with Crippen LogP contribution in [0.1, 0.15) is 27.7 Å². The summed E-state index contributed by atoms with van der Waals surface area (Å²) >= 11 is 0. The molecule has 0 radical (unpaired) electrons. The first-order valence-electron chi connectivity index (χ1n) is 5.65. The summed E-state index contributed by atoms with van der Waals surface area (Å²) in [6, 6.07) is 0. The number of halogens is 3. The maximum Gasteiger partial charge on any atom is 0.420 e. The van der Waals surface area contributed by atoms with Gasteiger partial charge in [0.1, 0.15) is 5.60 Å². The van der Waals surface area contributed by atoms with Gasteiger partial charge in [-0.15, -0.1) is 0 Å². The van der Waals surface area contributed by atoms with Gasteiger partial charge in [-0.3, -0.25) is 14.9 Å². The fourth-order valence-corrected chi connectivity index (χ4v) is 1.15. The molecule has 1 unspecified atom stereocenters. The molecule has 0 aromatic carbocycles. The maximum atomic E-state index is 13.1. The molecule has 0 spiro atoms. The second-order valence-corrected chi connectivity index (χ2v) is 5.23. The van der Waals surface area contributed by atoms with Crippen LogP contribution in [-0.2, 0) is 14.4 Å². The van der Waals surface area contributed by atoms with Crippen LogP contribution < -0.4 is 5.32 Å². The van der Waals surface area contributed by atoms with Crippen LogP contribution >= 0.6 is 0 Å². The van der Waals surface area contributed by atoms with E-state index in [2.05, 4.69) is 4.84 Å². The fraction of sp³-hybridized carbons (Fsp3) is 0.818. The van der Waals surface area contributed by atoms with Crippen LogP contribution in [0.5, 0.6) is 0 Å². The molecule has 1 atom stereocenters. The zero-order valence-corrected chi connectivity index (χ0v) is 12.2. The summed E-state index contributed by atoms with van der Waals surface area (Å²) in [4.78, 5) is 27.7. The normalized spacial score (nSPS) is 15.2. The minimum atomic E-state index is -5.02. The van der Waals surface area contributed by atoms with E-state index < -0.39 is 29.3 Å². The third-order valence-electron chi connectivity index (χ3n) is 2.31. The van der Waals surface area contributed by atoms with Crippen molar-refractivity contribution in [2.24, 2.45) is 0 Å². The Kier molecular flexibility index (Phi) is 5.42. The Morgan fingerprint density at radius 1 is 1.10 bits per heavy atom. The smallest absolute Gasteiger partial charge is 0.420 e. The molecule has 1 N–H and O–H groups in total. The monoisotopic (exact) mass is 300 g/mol. The molecule has 118 valence electrons. The standard InChI is InChI=1S/C11H19F3N2O4/c1-9(2,3)20-8(18)15-10(4,11(12,13)14)7(17)16(5)19-6/h1-6H3,(H,15,18). The van der Waals surface area contributed by atoms with Gasteiger partial charge >= 0.3 is 12.3 Å². The van der Waals surface area contributed by atoms with Gasteiger partial charge in [-0.25, -0.2) is 9.86 Å². The highest BCUT2D eigenvalue weighted by atomic mass is 19.4. The fourth-order valence-electron chi connectivity index (χ4n) is 1.15. The summed E-state index contributed by atoms with van der Waals surface area (Å²) < 4.78 is 43.9. The van der Waals surface area contributed by atoms with Crippen LogP contribution in [0.3, 0.4) is 0 Å². The van der Waals surface area contributed by atoms with E-state index in [0.717, 1.165) is 14.2 Å². The number of alkyl carbamates (subject to hydrolysis) is 1. The second kappa shape index (κ2) is 5.86. The van der Waals surface area contributed by atoms with Gasteiger partial charge in [-0.2, -0.15) is 13.2 Å². The highest BCUT2D eigenvalue weighted by Crippen LogP contribution is 2.32. The van der Waals surface area contributed by atoms with Gasteiger partial charge in [-0.05, 0) is 27.7 Å². The van der Waals surface area contributed by atoms with Crippen molar-refractivity contribution in [2.75, 3.05) is 14.2 Å². The van der Waals surface area contributed by atoms with Gasteiger partial charge < -0.3 is 4.74 Å². The lowest BCUT2D eigenvalue weighted by atomic mass is 10.0. The zero-order valence-electron chi connectivity index (χ0n) is 12.2. The van der Waals surface area contributed by atoms with Gasteiger partial charge in [0.05, 0.1) is 7.11 Å². The summed E-state index contributed by atoms with van der Waals surface area (Å²) in [6.45, 7) is 5.00. The van der Waals surface area contributed by atoms with Crippen molar-refractivity contribution < 1.29 is 32.3 Å². The largest absolute Gasteiger partial charge is 0.444 e. The molecule has 0 aliphatic carbocycles. The van der Waals surface area contributed by atoms with Crippen molar-refractivity contribution in [2.45, 2.75) is 45.0 Å². The number of alkyl halides is 3. The number of nitrogens with one attached hydrogen (secondary N) is 1. The molecular weight excluding hydrogens is 281 g/mol. The van der Waals surface area contributed by atoms with E-state index in [1.807, 2.05) is 0 Å². The van der Waals surface area contributed by atoms with Crippen LogP contribution in [0.25, 0.3) is 0 Å². The molecule has 0 bridgehead atoms. The summed E-state index contributed by atoms with van der Waals surface area (Å²) in [5.41, 5.74) is -4.15. The number of rotatable bonds is 3. The lowest BCUT2D eigenvalue weighted by Gasteiger charge is -2.34.